The number of hydrogen-bond acceptors (Lipinski definition) is 5. The third-order valence-electron chi connectivity index (χ3n) is 2.93. The topological polar surface area (TPSA) is 92.9 Å². The van der Waals surface area contributed by atoms with Crippen LogP contribution in [0.5, 0.6) is 0 Å². The van der Waals surface area contributed by atoms with Gasteiger partial charge >= 0.3 is 0 Å². The number of nitrogens with zero attached hydrogens (tertiary/aromatic N) is 2. The minimum atomic E-state index is -0.0537. The highest BCUT2D eigenvalue weighted by atomic mass is 16.1. The first kappa shape index (κ1) is 12.6. The third kappa shape index (κ3) is 2.88. The van der Waals surface area contributed by atoms with Crippen LogP contribution >= 0.6 is 0 Å². The van der Waals surface area contributed by atoms with Gasteiger partial charge in [0.25, 0.3) is 0 Å². The maximum absolute atomic E-state index is 11.4. The number of anilines is 2. The van der Waals surface area contributed by atoms with Crippen LogP contribution in [0.1, 0.15) is 37.1 Å². The molecule has 98 valence electrons. The van der Waals surface area contributed by atoms with Crippen LogP contribution in [0.2, 0.25) is 0 Å². The lowest BCUT2D eigenvalue weighted by molar-refractivity contribution is -0.119. The largest absolute Gasteiger partial charge is 0.383 e. The van der Waals surface area contributed by atoms with E-state index in [-0.39, 0.29) is 12.5 Å². The van der Waals surface area contributed by atoms with Crippen molar-refractivity contribution in [1.82, 2.24) is 15.3 Å². The Morgan fingerprint density at radius 2 is 2.17 bits per heavy atom. The first-order chi connectivity index (χ1) is 8.61. The van der Waals surface area contributed by atoms with Crippen LogP contribution in [0.4, 0.5) is 11.6 Å². The summed E-state index contributed by atoms with van der Waals surface area (Å²) in [5.74, 6) is 2.33. The number of hydrogen-bond donors (Lipinski definition) is 3. The third-order valence-corrected chi connectivity index (χ3v) is 2.93. The van der Waals surface area contributed by atoms with Gasteiger partial charge in [0, 0.05) is 18.0 Å². The van der Waals surface area contributed by atoms with Gasteiger partial charge in [-0.15, -0.1) is 0 Å². The van der Waals surface area contributed by atoms with Gasteiger partial charge in [-0.1, -0.05) is 0 Å². The van der Waals surface area contributed by atoms with E-state index in [1.54, 1.807) is 0 Å². The summed E-state index contributed by atoms with van der Waals surface area (Å²) in [6, 6.07) is 0. The fourth-order valence-electron chi connectivity index (χ4n) is 1.67. The average Bonchev–Trinajstić information content (AvgIpc) is 3.15. The highest BCUT2D eigenvalue weighted by Crippen LogP contribution is 2.39. The fraction of sp³-hybridized carbons (Fsp3) is 0.583. The van der Waals surface area contributed by atoms with E-state index in [1.807, 2.05) is 13.8 Å². The monoisotopic (exact) mass is 249 g/mol. The fourth-order valence-corrected chi connectivity index (χ4v) is 1.67. The maximum Gasteiger partial charge on any atom is 0.239 e. The zero-order chi connectivity index (χ0) is 13.1. The van der Waals surface area contributed by atoms with Crippen molar-refractivity contribution in [3.05, 3.63) is 11.4 Å². The maximum atomic E-state index is 11.4. The van der Waals surface area contributed by atoms with Gasteiger partial charge in [0.05, 0.1) is 6.54 Å². The van der Waals surface area contributed by atoms with E-state index < -0.39 is 0 Å². The molecule has 1 aromatic heterocycles. The van der Waals surface area contributed by atoms with E-state index in [2.05, 4.69) is 20.6 Å². The number of nitrogens with one attached hydrogen (secondary N) is 2. The van der Waals surface area contributed by atoms with E-state index in [0.29, 0.717) is 24.1 Å². The van der Waals surface area contributed by atoms with Gasteiger partial charge in [-0.2, -0.15) is 0 Å². The standard InChI is InChI=1S/C12H19N5O/c1-3-14-9(18)6-15-11-7(2)10(13)16-12(17-11)8-4-5-8/h8H,3-6H2,1-2H3,(H,14,18)(H3,13,15,16,17). The predicted octanol–water partition coefficient (Wildman–Crippen LogP) is 0.793. The summed E-state index contributed by atoms with van der Waals surface area (Å²) in [6.45, 7) is 4.57. The molecule has 0 radical (unpaired) electrons. The van der Waals surface area contributed by atoms with Crippen LogP contribution in [0.3, 0.4) is 0 Å². The van der Waals surface area contributed by atoms with Crippen LogP contribution in [0, 0.1) is 6.92 Å². The minimum absolute atomic E-state index is 0.0537. The smallest absolute Gasteiger partial charge is 0.239 e. The lowest BCUT2D eigenvalue weighted by Gasteiger charge is -2.11. The van der Waals surface area contributed by atoms with Gasteiger partial charge in [-0.3, -0.25) is 4.79 Å². The Kier molecular flexibility index (Phi) is 3.64. The molecule has 18 heavy (non-hydrogen) atoms. The minimum Gasteiger partial charge on any atom is -0.383 e. The number of carbonyl (C=O) groups excluding carboxylic acids is 1. The molecule has 1 aliphatic rings. The average molecular weight is 249 g/mol. The molecule has 0 atom stereocenters. The van der Waals surface area contributed by atoms with Gasteiger partial charge in [-0.25, -0.2) is 9.97 Å². The van der Waals surface area contributed by atoms with Crippen LogP contribution in [-0.4, -0.2) is 29.0 Å². The molecule has 1 heterocycles. The highest BCUT2D eigenvalue weighted by Gasteiger charge is 2.27. The van der Waals surface area contributed by atoms with Gasteiger partial charge in [0.2, 0.25) is 5.91 Å². The molecule has 0 aliphatic heterocycles. The number of carbonyl (C=O) groups is 1. The van der Waals surface area contributed by atoms with E-state index in [9.17, 15) is 4.79 Å². The molecule has 1 aromatic rings. The van der Waals surface area contributed by atoms with Gasteiger partial charge in [-0.05, 0) is 26.7 Å². The lowest BCUT2D eigenvalue weighted by atomic mass is 10.3. The number of nitrogen functional groups attached to an aromatic ring is 1. The predicted molar refractivity (Wildman–Crippen MR) is 70.3 cm³/mol. The normalized spacial score (nSPS) is 14.3. The van der Waals surface area contributed by atoms with Crippen LogP contribution in [0.25, 0.3) is 0 Å². The van der Waals surface area contributed by atoms with Crippen molar-refractivity contribution in [2.24, 2.45) is 0 Å². The number of nitrogens with two attached hydrogens (primary N) is 1. The molecule has 0 spiro atoms. The lowest BCUT2D eigenvalue weighted by Crippen LogP contribution is -2.30. The number of likely N-dealkylation sites (N-methyl/N-ethyl adjacent to an activating group) is 1. The van der Waals surface area contributed by atoms with Gasteiger partial charge in [0.15, 0.2) is 0 Å². The van der Waals surface area contributed by atoms with Crippen molar-refractivity contribution in [2.75, 3.05) is 24.1 Å². The SMILES string of the molecule is CCNC(=O)CNc1nc(C2CC2)nc(N)c1C. The number of aromatic nitrogens is 2. The number of amides is 1. The molecule has 0 saturated heterocycles. The first-order valence-electron chi connectivity index (χ1n) is 6.26. The van der Waals surface area contributed by atoms with Crippen molar-refractivity contribution in [1.29, 1.82) is 0 Å². The Bertz CT molecular complexity index is 456. The van der Waals surface area contributed by atoms with Crippen molar-refractivity contribution in [2.45, 2.75) is 32.6 Å². The van der Waals surface area contributed by atoms with Crippen molar-refractivity contribution < 1.29 is 4.79 Å². The van der Waals surface area contributed by atoms with Crippen molar-refractivity contribution >= 4 is 17.5 Å². The molecular formula is C12H19N5O. The van der Waals surface area contributed by atoms with Gasteiger partial charge in [0.1, 0.15) is 17.5 Å². The summed E-state index contributed by atoms with van der Waals surface area (Å²) >= 11 is 0. The Labute approximate surface area is 106 Å². The van der Waals surface area contributed by atoms with Crippen LogP contribution < -0.4 is 16.4 Å². The van der Waals surface area contributed by atoms with Crippen molar-refractivity contribution in [3.8, 4) is 0 Å². The summed E-state index contributed by atoms with van der Waals surface area (Å²) < 4.78 is 0. The second kappa shape index (κ2) is 5.20. The Hall–Kier alpha value is -1.85. The second-order valence-corrected chi connectivity index (χ2v) is 4.52. The zero-order valence-electron chi connectivity index (χ0n) is 10.8. The Morgan fingerprint density at radius 1 is 1.44 bits per heavy atom. The summed E-state index contributed by atoms with van der Waals surface area (Å²) in [5, 5.41) is 5.74. The molecule has 1 aliphatic carbocycles. The quantitative estimate of drug-likeness (QED) is 0.717. The van der Waals surface area contributed by atoms with Crippen LogP contribution in [0.15, 0.2) is 0 Å². The molecule has 6 heteroatoms. The Balaban J connectivity index is 2.08. The molecule has 1 saturated carbocycles. The first-order valence-corrected chi connectivity index (χ1v) is 6.26. The summed E-state index contributed by atoms with van der Waals surface area (Å²) in [7, 11) is 0. The summed E-state index contributed by atoms with van der Waals surface area (Å²) in [6.07, 6.45) is 2.25. The highest BCUT2D eigenvalue weighted by molar-refractivity contribution is 5.80. The molecule has 4 N–H and O–H groups in total. The molecule has 0 unspecified atom stereocenters. The molecule has 0 aromatic carbocycles. The summed E-state index contributed by atoms with van der Waals surface area (Å²) in [5.41, 5.74) is 6.66. The molecule has 0 bridgehead atoms. The van der Waals surface area contributed by atoms with Crippen molar-refractivity contribution in [3.63, 3.8) is 0 Å². The molecule has 1 amide bonds. The number of rotatable bonds is 5. The Morgan fingerprint density at radius 3 is 2.78 bits per heavy atom. The van der Waals surface area contributed by atoms with Crippen LogP contribution in [-0.2, 0) is 4.79 Å². The van der Waals surface area contributed by atoms with E-state index in [0.717, 1.165) is 24.2 Å². The zero-order valence-corrected chi connectivity index (χ0v) is 10.8. The second-order valence-electron chi connectivity index (χ2n) is 4.52. The summed E-state index contributed by atoms with van der Waals surface area (Å²) in [4.78, 5) is 20.1. The molecule has 1 fully saturated rings. The van der Waals surface area contributed by atoms with E-state index >= 15 is 0 Å². The molecular weight excluding hydrogens is 230 g/mol. The van der Waals surface area contributed by atoms with Gasteiger partial charge < -0.3 is 16.4 Å². The molecule has 2 rings (SSSR count). The molecule has 6 nitrogen and oxygen atoms in total. The van der Waals surface area contributed by atoms with E-state index in [1.165, 1.54) is 0 Å². The van der Waals surface area contributed by atoms with E-state index in [4.69, 9.17) is 5.73 Å².